The molecule has 1 aliphatic rings. The van der Waals surface area contributed by atoms with Gasteiger partial charge in [0.05, 0.1) is 0 Å². The summed E-state index contributed by atoms with van der Waals surface area (Å²) < 4.78 is 5.54. The highest BCUT2D eigenvalue weighted by Gasteiger charge is 2.31. The lowest BCUT2D eigenvalue weighted by molar-refractivity contribution is 0.429. The Morgan fingerprint density at radius 3 is 2.83 bits per heavy atom. The van der Waals surface area contributed by atoms with E-state index < -0.39 is 0 Å². The van der Waals surface area contributed by atoms with Crippen LogP contribution in [0.1, 0.15) is 43.2 Å². The maximum atomic E-state index is 5.54. The van der Waals surface area contributed by atoms with Gasteiger partial charge in [0.15, 0.2) is 0 Å². The summed E-state index contributed by atoms with van der Waals surface area (Å²) in [6.07, 6.45) is 0. The lowest BCUT2D eigenvalue weighted by Gasteiger charge is -2.24. The van der Waals surface area contributed by atoms with Crippen LogP contribution in [-0.4, -0.2) is 16.7 Å². The number of hydrogen-bond acceptors (Lipinski definition) is 4. The Balaban J connectivity index is 1.95. The molecule has 0 unspecified atom stereocenters. The van der Waals surface area contributed by atoms with Gasteiger partial charge in [-0.15, -0.1) is 10.2 Å². The Hall–Kier alpha value is -1.84. The Bertz CT molecular complexity index is 564. The van der Waals surface area contributed by atoms with Gasteiger partial charge >= 0.3 is 0 Å². The number of para-hydroxylation sites is 1. The number of hydrogen-bond donors (Lipinski definition) is 0. The van der Waals surface area contributed by atoms with Crippen molar-refractivity contribution >= 4 is 5.69 Å². The zero-order valence-electron chi connectivity index (χ0n) is 10.9. The summed E-state index contributed by atoms with van der Waals surface area (Å²) in [6, 6.07) is 8.66. The van der Waals surface area contributed by atoms with E-state index in [1.807, 2.05) is 6.92 Å². The van der Waals surface area contributed by atoms with Crippen molar-refractivity contribution in [2.45, 2.75) is 32.7 Å². The van der Waals surface area contributed by atoms with Crippen LogP contribution < -0.4 is 4.90 Å². The normalized spacial score (nSPS) is 19.9. The molecule has 0 fully saturated rings. The van der Waals surface area contributed by atoms with E-state index >= 15 is 0 Å². The Labute approximate surface area is 107 Å². The zero-order chi connectivity index (χ0) is 12.7. The maximum absolute atomic E-state index is 5.54. The van der Waals surface area contributed by atoms with Gasteiger partial charge in [0.2, 0.25) is 11.8 Å². The monoisotopic (exact) mass is 243 g/mol. The average molecular weight is 243 g/mol. The first-order valence-corrected chi connectivity index (χ1v) is 6.32. The van der Waals surface area contributed by atoms with E-state index in [0.717, 1.165) is 6.54 Å². The lowest BCUT2D eigenvalue weighted by atomic mass is 10.0. The molecule has 0 saturated carbocycles. The van der Waals surface area contributed by atoms with Gasteiger partial charge in [-0.3, -0.25) is 0 Å². The molecule has 0 aliphatic carbocycles. The molecule has 1 aromatic heterocycles. The van der Waals surface area contributed by atoms with Crippen LogP contribution in [0.2, 0.25) is 0 Å². The van der Waals surface area contributed by atoms with Gasteiger partial charge in [-0.05, 0) is 18.6 Å². The van der Waals surface area contributed by atoms with Crippen molar-refractivity contribution in [3.8, 4) is 0 Å². The molecule has 18 heavy (non-hydrogen) atoms. The Morgan fingerprint density at radius 1 is 1.33 bits per heavy atom. The van der Waals surface area contributed by atoms with Crippen LogP contribution in [0.5, 0.6) is 0 Å². The van der Waals surface area contributed by atoms with E-state index in [4.69, 9.17) is 4.42 Å². The second kappa shape index (κ2) is 4.12. The Kier molecular flexibility index (Phi) is 2.58. The molecular formula is C14H17N3O. The van der Waals surface area contributed by atoms with Gasteiger partial charge in [-0.25, -0.2) is 0 Å². The highest BCUT2D eigenvalue weighted by molar-refractivity contribution is 5.60. The predicted molar refractivity (Wildman–Crippen MR) is 69.7 cm³/mol. The molecule has 2 aromatic rings. The van der Waals surface area contributed by atoms with Crippen molar-refractivity contribution in [3.63, 3.8) is 0 Å². The van der Waals surface area contributed by atoms with E-state index in [1.165, 1.54) is 11.3 Å². The molecular weight excluding hydrogens is 226 g/mol. The highest BCUT2D eigenvalue weighted by Crippen LogP contribution is 2.40. The van der Waals surface area contributed by atoms with Crippen molar-refractivity contribution < 1.29 is 4.42 Å². The maximum Gasteiger partial charge on any atom is 0.238 e. The van der Waals surface area contributed by atoms with Gasteiger partial charge in [0, 0.05) is 25.1 Å². The molecule has 94 valence electrons. The molecule has 0 radical (unpaired) electrons. The van der Waals surface area contributed by atoms with Crippen molar-refractivity contribution in [1.82, 2.24) is 10.2 Å². The van der Waals surface area contributed by atoms with Gasteiger partial charge in [0.1, 0.15) is 6.04 Å². The summed E-state index contributed by atoms with van der Waals surface area (Å²) in [5.41, 5.74) is 2.69. The first-order valence-electron chi connectivity index (χ1n) is 6.32. The van der Waals surface area contributed by atoms with E-state index in [0.29, 0.717) is 17.7 Å². The van der Waals surface area contributed by atoms with Gasteiger partial charge < -0.3 is 9.32 Å². The third-order valence-electron chi connectivity index (χ3n) is 3.61. The molecule has 1 aliphatic heterocycles. The SMILES string of the molecule is Cc1nnc([C@H](C)N2C[C@H](C)c3ccccc32)o1. The summed E-state index contributed by atoms with van der Waals surface area (Å²) in [6.45, 7) is 7.19. The molecule has 0 bridgehead atoms. The largest absolute Gasteiger partial charge is 0.423 e. The number of nitrogens with zero attached hydrogens (tertiary/aromatic N) is 3. The quantitative estimate of drug-likeness (QED) is 0.813. The minimum atomic E-state index is 0.122. The molecule has 0 N–H and O–H groups in total. The number of aromatic nitrogens is 2. The van der Waals surface area contributed by atoms with Crippen LogP contribution >= 0.6 is 0 Å². The van der Waals surface area contributed by atoms with Crippen LogP contribution in [-0.2, 0) is 0 Å². The van der Waals surface area contributed by atoms with Gasteiger partial charge in [-0.2, -0.15) is 0 Å². The van der Waals surface area contributed by atoms with Crippen molar-refractivity contribution in [1.29, 1.82) is 0 Å². The summed E-state index contributed by atoms with van der Waals surface area (Å²) in [4.78, 5) is 2.34. The van der Waals surface area contributed by atoms with Crippen LogP contribution in [0.15, 0.2) is 28.7 Å². The fourth-order valence-corrected chi connectivity index (χ4v) is 2.64. The minimum absolute atomic E-state index is 0.122. The zero-order valence-corrected chi connectivity index (χ0v) is 10.9. The molecule has 0 amide bonds. The molecule has 0 spiro atoms. The predicted octanol–water partition coefficient (Wildman–Crippen LogP) is 3.06. The smallest absolute Gasteiger partial charge is 0.238 e. The number of anilines is 1. The molecule has 3 rings (SSSR count). The third-order valence-corrected chi connectivity index (χ3v) is 3.61. The van der Waals surface area contributed by atoms with Crippen LogP contribution in [0.25, 0.3) is 0 Å². The standard InChI is InChI=1S/C14H17N3O/c1-9-8-17(13-7-5-4-6-12(9)13)10(2)14-16-15-11(3)18-14/h4-7,9-10H,8H2,1-3H3/t9-,10-/m0/s1. The first kappa shape index (κ1) is 11.3. The summed E-state index contributed by atoms with van der Waals surface area (Å²) in [5, 5.41) is 8.04. The minimum Gasteiger partial charge on any atom is -0.423 e. The van der Waals surface area contributed by atoms with Crippen LogP contribution in [0, 0.1) is 6.92 Å². The average Bonchev–Trinajstić information content (AvgIpc) is 2.94. The molecule has 2 heterocycles. The Morgan fingerprint density at radius 2 is 2.11 bits per heavy atom. The first-order chi connectivity index (χ1) is 8.66. The molecule has 2 atom stereocenters. The number of benzene rings is 1. The molecule has 4 heteroatoms. The number of aryl methyl sites for hydroxylation is 1. The fraction of sp³-hybridized carbons (Fsp3) is 0.429. The van der Waals surface area contributed by atoms with Crippen molar-refractivity contribution in [2.24, 2.45) is 0 Å². The lowest BCUT2D eigenvalue weighted by Crippen LogP contribution is -2.25. The number of rotatable bonds is 2. The summed E-state index contributed by atoms with van der Waals surface area (Å²) in [5.74, 6) is 1.86. The second-order valence-corrected chi connectivity index (χ2v) is 4.95. The third kappa shape index (κ3) is 1.68. The highest BCUT2D eigenvalue weighted by atomic mass is 16.4. The van der Waals surface area contributed by atoms with Gasteiger partial charge in [-0.1, -0.05) is 25.1 Å². The molecule has 4 nitrogen and oxygen atoms in total. The van der Waals surface area contributed by atoms with E-state index in [9.17, 15) is 0 Å². The van der Waals surface area contributed by atoms with E-state index in [2.05, 4.69) is 53.2 Å². The van der Waals surface area contributed by atoms with Gasteiger partial charge in [0.25, 0.3) is 0 Å². The van der Waals surface area contributed by atoms with Crippen LogP contribution in [0.4, 0.5) is 5.69 Å². The summed E-state index contributed by atoms with van der Waals surface area (Å²) >= 11 is 0. The fourth-order valence-electron chi connectivity index (χ4n) is 2.64. The number of fused-ring (bicyclic) bond motifs is 1. The van der Waals surface area contributed by atoms with Crippen molar-refractivity contribution in [3.05, 3.63) is 41.6 Å². The second-order valence-electron chi connectivity index (χ2n) is 4.95. The molecule has 0 saturated heterocycles. The van der Waals surface area contributed by atoms with Crippen molar-refractivity contribution in [2.75, 3.05) is 11.4 Å². The van der Waals surface area contributed by atoms with E-state index in [1.54, 1.807) is 0 Å². The van der Waals surface area contributed by atoms with E-state index in [-0.39, 0.29) is 6.04 Å². The summed E-state index contributed by atoms with van der Waals surface area (Å²) in [7, 11) is 0. The van der Waals surface area contributed by atoms with Crippen LogP contribution in [0.3, 0.4) is 0 Å². The molecule has 1 aromatic carbocycles. The topological polar surface area (TPSA) is 42.2 Å².